The molecule has 2 rings (SSSR count). The van der Waals surface area contributed by atoms with Crippen molar-refractivity contribution >= 4 is 17.5 Å². The maximum Gasteiger partial charge on any atom is 0.136 e. The van der Waals surface area contributed by atoms with E-state index in [1.54, 1.807) is 18.9 Å². The Balaban J connectivity index is 1.83. The van der Waals surface area contributed by atoms with Gasteiger partial charge in [0.05, 0.1) is 7.11 Å². The van der Waals surface area contributed by atoms with Crippen molar-refractivity contribution in [3.8, 4) is 5.75 Å². The number of benzene rings is 1. The summed E-state index contributed by atoms with van der Waals surface area (Å²) in [6.07, 6.45) is 3.97. The minimum absolute atomic E-state index is 0.317. The van der Waals surface area contributed by atoms with E-state index in [1.165, 1.54) is 4.90 Å². The number of ketones is 1. The first-order valence-electron chi connectivity index (χ1n) is 6.10. The maximum atomic E-state index is 11.5. The van der Waals surface area contributed by atoms with E-state index in [1.807, 2.05) is 18.2 Å². The second-order valence-corrected chi connectivity index (χ2v) is 5.48. The lowest BCUT2D eigenvalue weighted by molar-refractivity contribution is -0.120. The molecular weight excluding hydrogens is 232 g/mol. The quantitative estimate of drug-likeness (QED) is 0.748. The Morgan fingerprint density at radius 3 is 2.94 bits per heavy atom. The molecule has 0 heterocycles. The molecule has 0 aliphatic heterocycles. The molecule has 0 N–H and O–H groups in total. The summed E-state index contributed by atoms with van der Waals surface area (Å²) in [7, 11) is 1.69. The number of hydrogen-bond donors (Lipinski definition) is 0. The summed E-state index contributed by atoms with van der Waals surface area (Å²) in [6.45, 7) is 0. The van der Waals surface area contributed by atoms with Crippen molar-refractivity contribution < 1.29 is 9.53 Å². The van der Waals surface area contributed by atoms with E-state index in [9.17, 15) is 4.79 Å². The smallest absolute Gasteiger partial charge is 0.136 e. The van der Waals surface area contributed by atoms with Crippen LogP contribution in [0.3, 0.4) is 0 Å². The fourth-order valence-electron chi connectivity index (χ4n) is 2.24. The molecule has 3 heteroatoms. The average Bonchev–Trinajstić information content (AvgIpc) is 2.76. The molecule has 1 aliphatic carbocycles. The summed E-state index contributed by atoms with van der Waals surface area (Å²) < 4.78 is 5.30. The van der Waals surface area contributed by atoms with Crippen LogP contribution < -0.4 is 4.74 Å². The highest BCUT2D eigenvalue weighted by Gasteiger charge is 2.23. The van der Waals surface area contributed by atoms with Gasteiger partial charge in [-0.3, -0.25) is 4.79 Å². The summed E-state index contributed by atoms with van der Waals surface area (Å²) in [5, 5.41) is 0. The molecule has 0 saturated heterocycles. The zero-order valence-electron chi connectivity index (χ0n) is 10.1. The first kappa shape index (κ1) is 12.5. The Labute approximate surface area is 107 Å². The second-order valence-electron chi connectivity index (χ2n) is 4.34. The first-order valence-corrected chi connectivity index (χ1v) is 7.08. The van der Waals surface area contributed by atoms with E-state index in [-0.39, 0.29) is 0 Å². The van der Waals surface area contributed by atoms with Crippen LogP contribution in [0.15, 0.2) is 29.2 Å². The lowest BCUT2D eigenvalue weighted by Crippen LogP contribution is -2.06. The van der Waals surface area contributed by atoms with Gasteiger partial charge in [-0.05, 0) is 37.1 Å². The average molecular weight is 250 g/mol. The van der Waals surface area contributed by atoms with Crippen molar-refractivity contribution in [2.24, 2.45) is 5.92 Å². The molecular formula is C14H18O2S. The third kappa shape index (κ3) is 3.25. The zero-order valence-corrected chi connectivity index (χ0v) is 11.0. The molecule has 0 amide bonds. The normalized spacial score (nSPS) is 19.6. The molecule has 1 aromatic carbocycles. The monoisotopic (exact) mass is 250 g/mol. The van der Waals surface area contributed by atoms with Crippen molar-refractivity contribution in [1.82, 2.24) is 0 Å². The van der Waals surface area contributed by atoms with Crippen LogP contribution >= 0.6 is 11.8 Å². The molecule has 0 bridgehead atoms. The van der Waals surface area contributed by atoms with Gasteiger partial charge in [-0.1, -0.05) is 12.1 Å². The van der Waals surface area contributed by atoms with E-state index in [4.69, 9.17) is 4.74 Å². The van der Waals surface area contributed by atoms with Crippen LogP contribution in [0.1, 0.15) is 25.7 Å². The number of thioether (sulfide) groups is 1. The Morgan fingerprint density at radius 1 is 1.41 bits per heavy atom. The van der Waals surface area contributed by atoms with Crippen LogP contribution in [0, 0.1) is 5.92 Å². The predicted octanol–water partition coefficient (Wildman–Crippen LogP) is 3.55. The highest BCUT2D eigenvalue weighted by atomic mass is 32.2. The van der Waals surface area contributed by atoms with E-state index in [0.717, 1.165) is 37.2 Å². The van der Waals surface area contributed by atoms with Crippen molar-refractivity contribution in [2.45, 2.75) is 30.6 Å². The standard InChI is InChI=1S/C14H18O2S/c1-16-13-7-2-3-8-14(13)17-10-9-11-5-4-6-12(11)15/h2-3,7-8,11H,4-6,9-10H2,1H3. The van der Waals surface area contributed by atoms with Crippen LogP contribution in [0.4, 0.5) is 0 Å². The van der Waals surface area contributed by atoms with Gasteiger partial charge in [0.1, 0.15) is 11.5 Å². The summed E-state index contributed by atoms with van der Waals surface area (Å²) in [5.74, 6) is 2.70. The van der Waals surface area contributed by atoms with Gasteiger partial charge in [0, 0.05) is 17.2 Å². The molecule has 1 fully saturated rings. The van der Waals surface area contributed by atoms with E-state index in [2.05, 4.69) is 6.07 Å². The number of Topliss-reactive ketones (excluding diaryl/α,β-unsaturated/α-hetero) is 1. The van der Waals surface area contributed by atoms with Crippen molar-refractivity contribution in [3.05, 3.63) is 24.3 Å². The van der Waals surface area contributed by atoms with Crippen LogP contribution in [0.2, 0.25) is 0 Å². The number of carbonyl (C=O) groups excluding carboxylic acids is 1. The fraction of sp³-hybridized carbons (Fsp3) is 0.500. The number of methoxy groups -OCH3 is 1. The van der Waals surface area contributed by atoms with Crippen LogP contribution in [0.25, 0.3) is 0 Å². The zero-order chi connectivity index (χ0) is 12.1. The Kier molecular flexibility index (Phi) is 4.49. The third-order valence-electron chi connectivity index (χ3n) is 3.22. The number of rotatable bonds is 5. The molecule has 1 aliphatic rings. The molecule has 1 unspecified atom stereocenters. The lowest BCUT2D eigenvalue weighted by atomic mass is 10.1. The second kappa shape index (κ2) is 6.10. The van der Waals surface area contributed by atoms with Gasteiger partial charge in [-0.15, -0.1) is 11.8 Å². The highest BCUT2D eigenvalue weighted by molar-refractivity contribution is 7.99. The first-order chi connectivity index (χ1) is 8.31. The van der Waals surface area contributed by atoms with Crippen molar-refractivity contribution in [1.29, 1.82) is 0 Å². The number of hydrogen-bond acceptors (Lipinski definition) is 3. The van der Waals surface area contributed by atoms with Gasteiger partial charge in [-0.25, -0.2) is 0 Å². The largest absolute Gasteiger partial charge is 0.496 e. The molecule has 1 saturated carbocycles. The molecule has 1 atom stereocenters. The Morgan fingerprint density at radius 2 is 2.24 bits per heavy atom. The number of ether oxygens (including phenoxy) is 1. The molecule has 17 heavy (non-hydrogen) atoms. The minimum atomic E-state index is 0.317. The number of para-hydroxylation sites is 1. The Bertz CT molecular complexity index is 390. The van der Waals surface area contributed by atoms with Crippen LogP contribution in [-0.4, -0.2) is 18.6 Å². The van der Waals surface area contributed by atoms with Crippen molar-refractivity contribution in [3.63, 3.8) is 0 Å². The van der Waals surface area contributed by atoms with E-state index >= 15 is 0 Å². The molecule has 0 aromatic heterocycles. The highest BCUT2D eigenvalue weighted by Crippen LogP contribution is 2.32. The van der Waals surface area contributed by atoms with Gasteiger partial charge in [0.15, 0.2) is 0 Å². The van der Waals surface area contributed by atoms with Gasteiger partial charge >= 0.3 is 0 Å². The van der Waals surface area contributed by atoms with Gasteiger partial charge < -0.3 is 4.74 Å². The number of carbonyl (C=O) groups is 1. The molecule has 92 valence electrons. The predicted molar refractivity (Wildman–Crippen MR) is 70.7 cm³/mol. The summed E-state index contributed by atoms with van der Waals surface area (Å²) >= 11 is 1.78. The maximum absolute atomic E-state index is 11.5. The SMILES string of the molecule is COc1ccccc1SCCC1CCCC1=O. The topological polar surface area (TPSA) is 26.3 Å². The summed E-state index contributed by atoms with van der Waals surface area (Å²) in [6, 6.07) is 8.04. The summed E-state index contributed by atoms with van der Waals surface area (Å²) in [5.41, 5.74) is 0. The summed E-state index contributed by atoms with van der Waals surface area (Å²) in [4.78, 5) is 12.7. The van der Waals surface area contributed by atoms with E-state index < -0.39 is 0 Å². The van der Waals surface area contributed by atoms with Gasteiger partial charge in [0.2, 0.25) is 0 Å². The fourth-order valence-corrected chi connectivity index (χ4v) is 3.33. The van der Waals surface area contributed by atoms with Crippen LogP contribution in [-0.2, 0) is 4.79 Å². The molecule has 2 nitrogen and oxygen atoms in total. The molecule has 0 spiro atoms. The van der Waals surface area contributed by atoms with Crippen LogP contribution in [0.5, 0.6) is 5.75 Å². The third-order valence-corrected chi connectivity index (χ3v) is 4.31. The Hall–Kier alpha value is -0.960. The lowest BCUT2D eigenvalue weighted by Gasteiger charge is -2.09. The molecule has 0 radical (unpaired) electrons. The van der Waals surface area contributed by atoms with Gasteiger partial charge in [0.25, 0.3) is 0 Å². The molecule has 1 aromatic rings. The van der Waals surface area contributed by atoms with Gasteiger partial charge in [-0.2, -0.15) is 0 Å². The van der Waals surface area contributed by atoms with E-state index in [0.29, 0.717) is 11.7 Å². The van der Waals surface area contributed by atoms with Crippen molar-refractivity contribution in [2.75, 3.05) is 12.9 Å². The minimum Gasteiger partial charge on any atom is -0.496 e.